The average Bonchev–Trinajstić information content (AvgIpc) is 2.18. The van der Waals surface area contributed by atoms with Crippen molar-refractivity contribution in [2.24, 2.45) is 5.84 Å². The van der Waals surface area contributed by atoms with Gasteiger partial charge >= 0.3 is 0 Å². The molecule has 13 heavy (non-hydrogen) atoms. The Morgan fingerprint density at radius 2 is 2.31 bits per heavy atom. The first-order chi connectivity index (χ1) is 6.31. The van der Waals surface area contributed by atoms with Crippen LogP contribution >= 0.6 is 0 Å². The van der Waals surface area contributed by atoms with Crippen LogP contribution in [0.4, 0.5) is 5.82 Å². The van der Waals surface area contributed by atoms with Gasteiger partial charge in [-0.05, 0) is 12.1 Å². The number of anilines is 1. The van der Waals surface area contributed by atoms with E-state index in [9.17, 15) is 4.79 Å². The number of fused-ring (bicyclic) bond motifs is 1. The van der Waals surface area contributed by atoms with Gasteiger partial charge in [-0.1, -0.05) is 6.07 Å². The predicted octanol–water partition coefficient (Wildman–Crippen LogP) is -0.0199. The standard InChI is InChI=1S/C8H8N4O/c9-11-6-5-8(13)12-4-2-1-3-7(12)10-6/h1-5,11H,9H2. The van der Waals surface area contributed by atoms with Gasteiger partial charge in [0.15, 0.2) is 0 Å². The van der Waals surface area contributed by atoms with Gasteiger partial charge in [-0.25, -0.2) is 10.8 Å². The molecule has 0 aliphatic rings. The molecule has 0 aromatic carbocycles. The molecule has 66 valence electrons. The zero-order chi connectivity index (χ0) is 9.26. The summed E-state index contributed by atoms with van der Waals surface area (Å²) in [7, 11) is 0. The summed E-state index contributed by atoms with van der Waals surface area (Å²) >= 11 is 0. The van der Waals surface area contributed by atoms with E-state index < -0.39 is 0 Å². The normalized spacial score (nSPS) is 10.2. The number of nitrogens with two attached hydrogens (primary N) is 1. The van der Waals surface area contributed by atoms with E-state index in [0.29, 0.717) is 11.5 Å². The molecule has 2 rings (SSSR count). The summed E-state index contributed by atoms with van der Waals surface area (Å²) in [5.74, 6) is 5.52. The molecule has 2 aromatic heterocycles. The molecule has 5 nitrogen and oxygen atoms in total. The number of hydrazine groups is 1. The van der Waals surface area contributed by atoms with Gasteiger partial charge in [0.1, 0.15) is 11.5 Å². The highest BCUT2D eigenvalue weighted by Crippen LogP contribution is 2.00. The Morgan fingerprint density at radius 1 is 1.46 bits per heavy atom. The maximum absolute atomic E-state index is 11.4. The second kappa shape index (κ2) is 2.87. The van der Waals surface area contributed by atoms with Crippen LogP contribution in [0.1, 0.15) is 0 Å². The van der Waals surface area contributed by atoms with Crippen molar-refractivity contribution in [3.05, 3.63) is 40.8 Å². The fraction of sp³-hybridized carbons (Fsp3) is 0. The molecule has 0 spiro atoms. The van der Waals surface area contributed by atoms with E-state index >= 15 is 0 Å². The van der Waals surface area contributed by atoms with Crippen molar-refractivity contribution in [2.45, 2.75) is 0 Å². The number of aromatic nitrogens is 2. The Balaban J connectivity index is 2.85. The van der Waals surface area contributed by atoms with Gasteiger partial charge in [0.2, 0.25) is 0 Å². The Labute approximate surface area is 73.8 Å². The lowest BCUT2D eigenvalue weighted by Gasteiger charge is -2.01. The molecule has 0 saturated heterocycles. The van der Waals surface area contributed by atoms with E-state index in [4.69, 9.17) is 5.84 Å². The summed E-state index contributed by atoms with van der Waals surface area (Å²) in [6.07, 6.45) is 1.66. The molecule has 5 heteroatoms. The average molecular weight is 176 g/mol. The molecule has 0 aliphatic carbocycles. The highest BCUT2D eigenvalue weighted by atomic mass is 16.1. The van der Waals surface area contributed by atoms with Gasteiger partial charge in [-0.15, -0.1) is 0 Å². The molecule has 3 N–H and O–H groups in total. The Kier molecular flexibility index (Phi) is 1.71. The van der Waals surface area contributed by atoms with Crippen LogP contribution in [0, 0.1) is 0 Å². The molecule has 0 unspecified atom stereocenters. The molecular weight excluding hydrogens is 168 g/mol. The van der Waals surface area contributed by atoms with Crippen LogP contribution in [-0.2, 0) is 0 Å². The molecule has 0 radical (unpaired) electrons. The van der Waals surface area contributed by atoms with Crippen LogP contribution in [0.3, 0.4) is 0 Å². The SMILES string of the molecule is NNc1cc(=O)n2ccccc2n1. The first kappa shape index (κ1) is 7.75. The lowest BCUT2D eigenvalue weighted by atomic mass is 10.4. The first-order valence-corrected chi connectivity index (χ1v) is 3.76. The highest BCUT2D eigenvalue weighted by molar-refractivity contribution is 5.45. The molecule has 0 bridgehead atoms. The van der Waals surface area contributed by atoms with Crippen molar-refractivity contribution < 1.29 is 0 Å². The van der Waals surface area contributed by atoms with Gasteiger partial charge in [-0.2, -0.15) is 0 Å². The molecule has 2 aromatic rings. The summed E-state index contributed by atoms with van der Waals surface area (Å²) in [6.45, 7) is 0. The van der Waals surface area contributed by atoms with Crippen LogP contribution in [0.25, 0.3) is 5.65 Å². The maximum atomic E-state index is 11.4. The summed E-state index contributed by atoms with van der Waals surface area (Å²) in [6, 6.07) is 6.66. The number of nitrogens with one attached hydrogen (secondary N) is 1. The smallest absolute Gasteiger partial charge is 0.259 e. The lowest BCUT2D eigenvalue weighted by Crippen LogP contribution is -2.17. The number of rotatable bonds is 1. The lowest BCUT2D eigenvalue weighted by molar-refractivity contribution is 1.04. The van der Waals surface area contributed by atoms with Crippen LogP contribution in [-0.4, -0.2) is 9.38 Å². The van der Waals surface area contributed by atoms with E-state index in [1.165, 1.54) is 10.5 Å². The van der Waals surface area contributed by atoms with Crippen molar-refractivity contribution in [1.82, 2.24) is 9.38 Å². The van der Waals surface area contributed by atoms with Gasteiger partial charge < -0.3 is 5.43 Å². The highest BCUT2D eigenvalue weighted by Gasteiger charge is 1.98. The number of hydrogen-bond acceptors (Lipinski definition) is 4. The largest absolute Gasteiger partial charge is 0.308 e. The van der Waals surface area contributed by atoms with Crippen molar-refractivity contribution >= 4 is 11.5 Å². The van der Waals surface area contributed by atoms with E-state index in [-0.39, 0.29) is 5.56 Å². The quantitative estimate of drug-likeness (QED) is 0.473. The minimum atomic E-state index is -0.154. The molecule has 0 atom stereocenters. The van der Waals surface area contributed by atoms with Crippen LogP contribution in [0.2, 0.25) is 0 Å². The molecule has 0 amide bonds. The van der Waals surface area contributed by atoms with Crippen LogP contribution in [0.15, 0.2) is 35.3 Å². The van der Waals surface area contributed by atoms with E-state index in [2.05, 4.69) is 10.4 Å². The number of hydrogen-bond donors (Lipinski definition) is 2. The number of pyridine rings is 1. The Hall–Kier alpha value is -1.88. The summed E-state index contributed by atoms with van der Waals surface area (Å²) in [5.41, 5.74) is 2.75. The third-order valence-corrected chi connectivity index (χ3v) is 1.72. The van der Waals surface area contributed by atoms with Gasteiger partial charge in [0.25, 0.3) is 5.56 Å². The molecule has 0 saturated carbocycles. The second-order valence-corrected chi connectivity index (χ2v) is 2.55. The summed E-state index contributed by atoms with van der Waals surface area (Å²) in [4.78, 5) is 15.5. The number of nitrogens with zero attached hydrogens (tertiary/aromatic N) is 2. The molecule has 0 fully saturated rings. The zero-order valence-corrected chi connectivity index (χ0v) is 6.77. The van der Waals surface area contributed by atoms with Crippen LogP contribution in [0.5, 0.6) is 0 Å². The van der Waals surface area contributed by atoms with Crippen molar-refractivity contribution in [3.8, 4) is 0 Å². The Bertz CT molecular complexity index is 491. The van der Waals surface area contributed by atoms with Crippen molar-refractivity contribution in [3.63, 3.8) is 0 Å². The third kappa shape index (κ3) is 1.25. The second-order valence-electron chi connectivity index (χ2n) is 2.55. The van der Waals surface area contributed by atoms with Crippen LogP contribution < -0.4 is 16.8 Å². The van der Waals surface area contributed by atoms with E-state index in [1.54, 1.807) is 18.3 Å². The number of nitrogen functional groups attached to an aromatic ring is 1. The van der Waals surface area contributed by atoms with E-state index in [1.807, 2.05) is 6.07 Å². The van der Waals surface area contributed by atoms with Gasteiger partial charge in [0, 0.05) is 12.3 Å². The van der Waals surface area contributed by atoms with Gasteiger partial charge in [0.05, 0.1) is 0 Å². The van der Waals surface area contributed by atoms with Crippen molar-refractivity contribution in [1.29, 1.82) is 0 Å². The Morgan fingerprint density at radius 3 is 3.08 bits per heavy atom. The molecular formula is C8H8N4O. The predicted molar refractivity (Wildman–Crippen MR) is 49.3 cm³/mol. The monoisotopic (exact) mass is 176 g/mol. The molecule has 2 heterocycles. The fourth-order valence-corrected chi connectivity index (χ4v) is 1.13. The van der Waals surface area contributed by atoms with Gasteiger partial charge in [-0.3, -0.25) is 9.20 Å². The maximum Gasteiger partial charge on any atom is 0.259 e. The first-order valence-electron chi connectivity index (χ1n) is 3.76. The van der Waals surface area contributed by atoms with Crippen molar-refractivity contribution in [2.75, 3.05) is 5.43 Å². The minimum absolute atomic E-state index is 0.154. The third-order valence-electron chi connectivity index (χ3n) is 1.72. The van der Waals surface area contributed by atoms with E-state index in [0.717, 1.165) is 0 Å². The summed E-state index contributed by atoms with van der Waals surface area (Å²) in [5, 5.41) is 0. The molecule has 0 aliphatic heterocycles. The minimum Gasteiger partial charge on any atom is -0.308 e. The topological polar surface area (TPSA) is 72.4 Å². The summed E-state index contributed by atoms with van der Waals surface area (Å²) < 4.78 is 1.45. The fourth-order valence-electron chi connectivity index (χ4n) is 1.13. The zero-order valence-electron chi connectivity index (χ0n) is 6.77.